The van der Waals surface area contributed by atoms with Crippen LogP contribution in [0.15, 0.2) is 0 Å². The maximum absolute atomic E-state index is 6.36. The van der Waals surface area contributed by atoms with Gasteiger partial charge in [0.25, 0.3) is 0 Å². The summed E-state index contributed by atoms with van der Waals surface area (Å²) in [4.78, 5) is 0. The number of amidine groups is 1. The molecule has 0 atom stereocenters. The van der Waals surface area contributed by atoms with Crippen molar-refractivity contribution in [1.29, 1.82) is 5.41 Å². The molecule has 4 heavy (non-hydrogen) atoms. The topological polar surface area (TPSA) is 49.9 Å². The van der Waals surface area contributed by atoms with Gasteiger partial charge in [-0.3, -0.25) is 0 Å². The fraction of sp³-hybridized carbons (Fsp3) is 0. The van der Waals surface area contributed by atoms with Crippen molar-refractivity contribution in [2.24, 2.45) is 5.73 Å². The molecule has 0 bridgehead atoms. The molecule has 0 aliphatic rings. The average Bonchev–Trinajstić information content (AvgIpc) is 0.811. The van der Waals surface area contributed by atoms with Crippen LogP contribution in [0.5, 0.6) is 0 Å². The second kappa shape index (κ2) is 2.35. The van der Waals surface area contributed by atoms with E-state index in [2.05, 4.69) is 0 Å². The molecule has 0 amide bonds. The van der Waals surface area contributed by atoms with Gasteiger partial charge in [-0.25, -0.2) is 0 Å². The molecule has 0 rings (SSSR count). The molecular weight excluding hydrogens is 79.1 g/mol. The molecule has 0 radical (unpaired) electrons. The van der Waals surface area contributed by atoms with Gasteiger partial charge in [0.15, 0.2) is 0 Å². The standard InChI is InChI=1S/CH3N2.K/c2-1-3;/h(H3,2,3);. The molecule has 3 heteroatoms. The van der Waals surface area contributed by atoms with Gasteiger partial charge in [0.1, 0.15) is 0 Å². The Hall–Kier alpha value is 1.11. The molecule has 0 fully saturated rings. The third-order valence-corrected chi connectivity index (χ3v) is 0. The Morgan fingerprint density at radius 3 is 2.00 bits per heavy atom. The van der Waals surface area contributed by atoms with Crippen molar-refractivity contribution in [3.8, 4) is 0 Å². The van der Waals surface area contributed by atoms with Gasteiger partial charge in [0.2, 0.25) is 0 Å². The van der Waals surface area contributed by atoms with Gasteiger partial charge in [-0.05, 0) is 0 Å². The Bertz CT molecular complexity index is 29.0. The van der Waals surface area contributed by atoms with E-state index in [0.29, 0.717) is 48.9 Å². The van der Waals surface area contributed by atoms with E-state index < -0.39 is 0 Å². The summed E-state index contributed by atoms with van der Waals surface area (Å²) in [5.74, 6) is 0. The molecule has 0 aliphatic heterocycles. The Morgan fingerprint density at radius 1 is 2.00 bits per heavy atom. The van der Waals surface area contributed by atoms with Crippen molar-refractivity contribution < 1.29 is 0 Å². The van der Waals surface area contributed by atoms with E-state index in [9.17, 15) is 0 Å². The summed E-state index contributed by atoms with van der Waals surface area (Å²) in [6.45, 7) is 0. The van der Waals surface area contributed by atoms with Gasteiger partial charge >= 0.3 is 60.0 Å². The number of rotatable bonds is 0. The van der Waals surface area contributed by atoms with E-state index in [1.165, 1.54) is 0 Å². The van der Waals surface area contributed by atoms with Crippen LogP contribution in [-0.2, 0) is 0 Å². The summed E-state index contributed by atoms with van der Waals surface area (Å²) in [6.07, 6.45) is 0. The molecule has 2 nitrogen and oxygen atoms in total. The van der Waals surface area contributed by atoms with Gasteiger partial charge in [0, 0.05) is 0 Å². The first kappa shape index (κ1) is 5.11. The SMILES string of the molecule is N=[C](N)[K]. The Labute approximate surface area is 58.8 Å². The number of nitrogens with two attached hydrogens (primary N) is 1. The van der Waals surface area contributed by atoms with Crippen LogP contribution in [0.4, 0.5) is 0 Å². The molecule has 0 aliphatic carbocycles. The second-order valence-corrected chi connectivity index (χ2v) is 2.37. The first-order valence-corrected chi connectivity index (χ1v) is 2.60. The fourth-order valence-electron chi connectivity index (χ4n) is 0. The Morgan fingerprint density at radius 2 is 2.00 bits per heavy atom. The van der Waals surface area contributed by atoms with Crippen molar-refractivity contribution in [2.45, 2.75) is 0 Å². The van der Waals surface area contributed by atoms with E-state index in [1.807, 2.05) is 0 Å². The van der Waals surface area contributed by atoms with Gasteiger partial charge in [-0.15, -0.1) is 0 Å². The summed E-state index contributed by atoms with van der Waals surface area (Å²) in [7, 11) is 0. The molecular formula is CH3KN2. The zero-order valence-corrected chi connectivity index (χ0v) is 5.70. The molecule has 0 unspecified atom stereocenters. The van der Waals surface area contributed by atoms with Crippen molar-refractivity contribution in [1.82, 2.24) is 0 Å². The van der Waals surface area contributed by atoms with E-state index >= 15 is 0 Å². The first-order valence-electron chi connectivity index (χ1n) is 1.04. The molecule has 18 valence electrons. The normalized spacial score (nSPS) is 6.50. The Balaban J connectivity index is 2.80. The third-order valence-electron chi connectivity index (χ3n) is 0. The Kier molecular flexibility index (Phi) is 3.00. The van der Waals surface area contributed by atoms with E-state index in [4.69, 9.17) is 11.1 Å². The minimum absolute atomic E-state index is 0.354. The molecule has 0 saturated heterocycles. The summed E-state index contributed by atoms with van der Waals surface area (Å²) < 4.78 is 0.354. The maximum atomic E-state index is 6.36. The van der Waals surface area contributed by atoms with Gasteiger partial charge in [0.05, 0.1) is 0 Å². The monoisotopic (exact) mass is 82.0 g/mol. The van der Waals surface area contributed by atoms with Crippen LogP contribution in [0.25, 0.3) is 0 Å². The number of hydrogen-bond acceptors (Lipinski definition) is 1. The minimum atomic E-state index is 0.354. The van der Waals surface area contributed by atoms with Gasteiger partial charge in [-0.1, -0.05) is 0 Å². The van der Waals surface area contributed by atoms with E-state index in [-0.39, 0.29) is 0 Å². The van der Waals surface area contributed by atoms with E-state index in [0.717, 1.165) is 0 Å². The van der Waals surface area contributed by atoms with Crippen molar-refractivity contribution >= 4 is 48.9 Å². The molecule has 0 spiro atoms. The third kappa shape index (κ3) is 11.3. The predicted molar refractivity (Wildman–Crippen MR) is 17.7 cm³/mol. The summed E-state index contributed by atoms with van der Waals surface area (Å²) in [5, 5.41) is 6.36. The molecule has 0 aromatic carbocycles. The summed E-state index contributed by atoms with van der Waals surface area (Å²) in [6, 6.07) is 0. The van der Waals surface area contributed by atoms with Crippen molar-refractivity contribution in [3.63, 3.8) is 0 Å². The quantitative estimate of drug-likeness (QED) is 0.221. The van der Waals surface area contributed by atoms with Gasteiger partial charge in [-0.2, -0.15) is 0 Å². The fourth-order valence-corrected chi connectivity index (χ4v) is 0. The molecule has 0 aromatic rings. The molecule has 0 heterocycles. The molecule has 0 aromatic heterocycles. The van der Waals surface area contributed by atoms with Crippen molar-refractivity contribution in [3.05, 3.63) is 0 Å². The number of nitrogens with one attached hydrogen (secondary N) is 1. The zero-order valence-electron chi connectivity index (χ0n) is 2.58. The summed E-state index contributed by atoms with van der Waals surface area (Å²) >= 11 is 0.424. The first-order chi connectivity index (χ1) is 1.73. The van der Waals surface area contributed by atoms with Crippen molar-refractivity contribution in [2.75, 3.05) is 0 Å². The van der Waals surface area contributed by atoms with Crippen LogP contribution in [0, 0.1) is 5.41 Å². The van der Waals surface area contributed by atoms with Crippen LogP contribution in [0.2, 0.25) is 0 Å². The van der Waals surface area contributed by atoms with Crippen LogP contribution in [-0.4, -0.2) is 48.9 Å². The number of hydrogen-bond donors (Lipinski definition) is 2. The van der Waals surface area contributed by atoms with Crippen LogP contribution < -0.4 is 5.73 Å². The van der Waals surface area contributed by atoms with E-state index in [1.54, 1.807) is 0 Å². The van der Waals surface area contributed by atoms with Crippen LogP contribution >= 0.6 is 0 Å². The molecule has 3 N–H and O–H groups in total. The van der Waals surface area contributed by atoms with Crippen LogP contribution in [0.3, 0.4) is 0 Å². The predicted octanol–water partition coefficient (Wildman–Crippen LogP) is -0.952. The van der Waals surface area contributed by atoms with Crippen LogP contribution in [0.1, 0.15) is 0 Å². The average molecular weight is 82.1 g/mol. The molecule has 0 saturated carbocycles. The van der Waals surface area contributed by atoms with Gasteiger partial charge < -0.3 is 0 Å². The second-order valence-electron chi connectivity index (χ2n) is 0.683. The zero-order chi connectivity index (χ0) is 3.58. The summed E-state index contributed by atoms with van der Waals surface area (Å²) in [5.41, 5.74) is 4.78.